The second kappa shape index (κ2) is 11.1. The Morgan fingerprint density at radius 2 is 1.21 bits per heavy atom. The second-order valence-electron chi connectivity index (χ2n) is 14.6. The molecule has 0 radical (unpaired) electrons. The number of nitrogens with zero attached hydrogens (tertiary/aromatic N) is 3. The summed E-state index contributed by atoms with van der Waals surface area (Å²) in [5.74, 6) is 0.607. The number of benzene rings is 8. The third-order valence-electron chi connectivity index (χ3n) is 11.2. The molecule has 0 saturated heterocycles. The highest BCUT2D eigenvalue weighted by atomic mass is 16.3. The number of aromatic nitrogens is 2. The fourth-order valence-corrected chi connectivity index (χ4v) is 8.79. The van der Waals surface area contributed by atoms with Crippen molar-refractivity contribution in [3.8, 4) is 22.4 Å². The minimum atomic E-state index is -0.356. The van der Waals surface area contributed by atoms with E-state index in [2.05, 4.69) is 176 Å². The number of anilines is 3. The Morgan fingerprint density at radius 1 is 0.528 bits per heavy atom. The summed E-state index contributed by atoms with van der Waals surface area (Å²) in [5.41, 5.74) is 10.9. The summed E-state index contributed by atoms with van der Waals surface area (Å²) in [7, 11) is 0. The van der Waals surface area contributed by atoms with Crippen molar-refractivity contribution in [2.45, 2.75) is 19.3 Å². The van der Waals surface area contributed by atoms with Gasteiger partial charge in [-0.05, 0) is 62.7 Å². The lowest BCUT2D eigenvalue weighted by molar-refractivity contribution is 0.628. The van der Waals surface area contributed by atoms with E-state index in [1.165, 1.54) is 27.5 Å². The van der Waals surface area contributed by atoms with Crippen LogP contribution in [0, 0.1) is 0 Å². The van der Waals surface area contributed by atoms with Crippen LogP contribution in [0.1, 0.15) is 25.0 Å². The molecule has 0 bridgehead atoms. The van der Waals surface area contributed by atoms with Gasteiger partial charge in [-0.2, -0.15) is 0 Å². The quantitative estimate of drug-likeness (QED) is 0.174. The Labute approximate surface area is 306 Å². The molecule has 4 nitrogen and oxygen atoms in total. The molecule has 1 aliphatic rings. The molecule has 0 unspecified atom stereocenters. The topological polar surface area (TPSA) is 42.2 Å². The van der Waals surface area contributed by atoms with Crippen molar-refractivity contribution in [2.24, 2.45) is 0 Å². The monoisotopic (exact) mass is 679 g/mol. The first-order chi connectivity index (χ1) is 26.1. The average molecular weight is 680 g/mol. The van der Waals surface area contributed by atoms with Crippen LogP contribution in [0.2, 0.25) is 0 Å². The lowest BCUT2D eigenvalue weighted by Crippen LogP contribution is -2.32. The SMILES string of the molecule is CC1(C)c2ccccc2N(c2nc(-c3cccc(-c4ccccc4)c3)c3ccc4ccccc4c3n2)c2c1c1ccccc1c1c2oc2ccccc21. The summed E-state index contributed by atoms with van der Waals surface area (Å²) in [5, 5.41) is 7.83. The molecular formula is C49H33N3O. The van der Waals surface area contributed by atoms with Gasteiger partial charge >= 0.3 is 0 Å². The molecular weight excluding hydrogens is 647 g/mol. The molecule has 3 heterocycles. The third kappa shape index (κ3) is 4.30. The van der Waals surface area contributed by atoms with E-state index in [4.69, 9.17) is 14.4 Å². The van der Waals surface area contributed by atoms with Crippen LogP contribution in [0.5, 0.6) is 0 Å². The van der Waals surface area contributed by atoms with Gasteiger partial charge < -0.3 is 4.42 Å². The molecule has 0 amide bonds. The van der Waals surface area contributed by atoms with Crippen molar-refractivity contribution in [2.75, 3.05) is 4.90 Å². The minimum Gasteiger partial charge on any atom is -0.454 e. The summed E-state index contributed by atoms with van der Waals surface area (Å²) >= 11 is 0. The Hall–Kier alpha value is -6.78. The number of hydrogen-bond donors (Lipinski definition) is 0. The molecule has 10 aromatic rings. The third-order valence-corrected chi connectivity index (χ3v) is 11.2. The highest BCUT2D eigenvalue weighted by Crippen LogP contribution is 2.57. The molecule has 1 aliphatic heterocycles. The van der Waals surface area contributed by atoms with E-state index in [1.807, 2.05) is 6.07 Å². The Bertz CT molecular complexity index is 3100. The summed E-state index contributed by atoms with van der Waals surface area (Å²) < 4.78 is 6.96. The van der Waals surface area contributed by atoms with Crippen molar-refractivity contribution < 1.29 is 4.42 Å². The van der Waals surface area contributed by atoms with Gasteiger partial charge in [0.1, 0.15) is 5.58 Å². The normalized spacial score (nSPS) is 13.6. The predicted octanol–water partition coefficient (Wildman–Crippen LogP) is 13.3. The summed E-state index contributed by atoms with van der Waals surface area (Å²) in [6, 6.07) is 58.0. The van der Waals surface area contributed by atoms with Crippen LogP contribution in [-0.2, 0) is 5.41 Å². The van der Waals surface area contributed by atoms with Crippen molar-refractivity contribution in [1.82, 2.24) is 9.97 Å². The largest absolute Gasteiger partial charge is 0.454 e. The zero-order valence-electron chi connectivity index (χ0n) is 29.3. The predicted molar refractivity (Wildman–Crippen MR) is 220 cm³/mol. The Morgan fingerprint density at radius 3 is 2.08 bits per heavy atom. The van der Waals surface area contributed by atoms with E-state index >= 15 is 0 Å². The fourth-order valence-electron chi connectivity index (χ4n) is 8.79. The van der Waals surface area contributed by atoms with Gasteiger partial charge in [0.2, 0.25) is 5.95 Å². The zero-order valence-corrected chi connectivity index (χ0v) is 29.3. The summed E-state index contributed by atoms with van der Waals surface area (Å²) in [6.07, 6.45) is 0. The standard InChI is InChI=1S/C49H33N3O/c1-49(2)39-24-11-12-25-40(39)52(46-43(49)36-22-9-8-21-35(36)42-37-23-10-13-26-41(37)53-47(42)46)48-50-44(33-19-14-18-32(29-33)30-15-4-3-5-16-30)38-28-27-31-17-6-7-20-34(31)45(38)51-48/h3-29H,1-2H3. The van der Waals surface area contributed by atoms with E-state index in [0.717, 1.165) is 71.8 Å². The minimum absolute atomic E-state index is 0.356. The molecule has 0 atom stereocenters. The first-order valence-electron chi connectivity index (χ1n) is 18.2. The molecule has 0 aliphatic carbocycles. The highest BCUT2D eigenvalue weighted by Gasteiger charge is 2.42. The molecule has 0 N–H and O–H groups in total. The average Bonchev–Trinajstić information content (AvgIpc) is 3.61. The number of rotatable bonds is 3. The lowest BCUT2D eigenvalue weighted by Gasteiger charge is -2.41. The maximum atomic E-state index is 6.96. The highest BCUT2D eigenvalue weighted by molar-refractivity contribution is 6.25. The van der Waals surface area contributed by atoms with Crippen LogP contribution < -0.4 is 4.90 Å². The fraction of sp³-hybridized carbons (Fsp3) is 0.0612. The first kappa shape index (κ1) is 29.9. The molecule has 0 fully saturated rings. The van der Waals surface area contributed by atoms with E-state index < -0.39 is 0 Å². The molecule has 11 rings (SSSR count). The van der Waals surface area contributed by atoms with Crippen LogP contribution in [0.15, 0.2) is 168 Å². The van der Waals surface area contributed by atoms with E-state index in [9.17, 15) is 0 Å². The van der Waals surface area contributed by atoms with Gasteiger partial charge in [0.15, 0.2) is 5.58 Å². The molecule has 250 valence electrons. The van der Waals surface area contributed by atoms with Gasteiger partial charge in [0.25, 0.3) is 0 Å². The van der Waals surface area contributed by atoms with Crippen molar-refractivity contribution >= 4 is 71.7 Å². The Kier molecular flexibility index (Phi) is 6.27. The van der Waals surface area contributed by atoms with Gasteiger partial charge in [0.05, 0.1) is 22.6 Å². The van der Waals surface area contributed by atoms with Crippen LogP contribution in [0.25, 0.3) is 76.8 Å². The zero-order chi connectivity index (χ0) is 35.3. The van der Waals surface area contributed by atoms with Gasteiger partial charge in [-0.3, -0.25) is 4.90 Å². The van der Waals surface area contributed by atoms with Gasteiger partial charge in [-0.25, -0.2) is 9.97 Å². The van der Waals surface area contributed by atoms with E-state index in [1.54, 1.807) is 0 Å². The molecule has 53 heavy (non-hydrogen) atoms. The maximum Gasteiger partial charge on any atom is 0.235 e. The molecule has 2 aromatic heterocycles. The number of fused-ring (bicyclic) bond motifs is 12. The van der Waals surface area contributed by atoms with Crippen molar-refractivity contribution in [1.29, 1.82) is 0 Å². The first-order valence-corrected chi connectivity index (χ1v) is 18.2. The number of furan rings is 1. The summed E-state index contributed by atoms with van der Waals surface area (Å²) in [4.78, 5) is 13.4. The van der Waals surface area contributed by atoms with Gasteiger partial charge in [-0.15, -0.1) is 0 Å². The smallest absolute Gasteiger partial charge is 0.235 e. The Balaban J connectivity index is 1.30. The van der Waals surface area contributed by atoms with E-state index in [-0.39, 0.29) is 5.41 Å². The summed E-state index contributed by atoms with van der Waals surface area (Å²) in [6.45, 7) is 4.66. The molecule has 0 saturated carbocycles. The molecule has 0 spiro atoms. The maximum absolute atomic E-state index is 6.96. The van der Waals surface area contributed by atoms with E-state index in [0.29, 0.717) is 5.95 Å². The van der Waals surface area contributed by atoms with Crippen molar-refractivity contribution in [3.63, 3.8) is 0 Å². The number of hydrogen-bond acceptors (Lipinski definition) is 4. The molecule has 4 heteroatoms. The van der Waals surface area contributed by atoms with Crippen LogP contribution in [0.4, 0.5) is 17.3 Å². The van der Waals surface area contributed by atoms with Gasteiger partial charge in [0, 0.05) is 32.5 Å². The van der Waals surface area contributed by atoms with Crippen molar-refractivity contribution in [3.05, 3.63) is 175 Å². The molecule has 8 aromatic carbocycles. The van der Waals surface area contributed by atoms with Gasteiger partial charge in [-0.1, -0.05) is 153 Å². The van der Waals surface area contributed by atoms with Crippen LogP contribution in [0.3, 0.4) is 0 Å². The second-order valence-corrected chi connectivity index (χ2v) is 14.6. The van der Waals surface area contributed by atoms with Crippen LogP contribution in [-0.4, -0.2) is 9.97 Å². The van der Waals surface area contributed by atoms with Crippen LogP contribution >= 0.6 is 0 Å². The lowest BCUT2D eigenvalue weighted by atomic mass is 9.71. The number of para-hydroxylation sites is 2.